The van der Waals surface area contributed by atoms with Crippen molar-refractivity contribution in [2.45, 2.75) is 25.7 Å². The van der Waals surface area contributed by atoms with Crippen molar-refractivity contribution in [1.82, 2.24) is 9.97 Å². The average molecular weight is 585 g/mol. The molecule has 4 aromatic carbocycles. The molecule has 3 atom stereocenters. The number of aromatic nitrogens is 2. The van der Waals surface area contributed by atoms with Crippen LogP contribution in [0.15, 0.2) is 122 Å². The van der Waals surface area contributed by atoms with Crippen LogP contribution in [0.4, 0.5) is 0 Å². The zero-order valence-corrected chi connectivity index (χ0v) is 25.4. The first kappa shape index (κ1) is 29.1. The number of para-hydroxylation sites is 4. The van der Waals surface area contributed by atoms with Gasteiger partial charge < -0.3 is 16.9 Å². The van der Waals surface area contributed by atoms with Crippen LogP contribution in [0.1, 0.15) is 25.7 Å². The summed E-state index contributed by atoms with van der Waals surface area (Å²) < 4.78 is 0. The van der Waals surface area contributed by atoms with Crippen molar-refractivity contribution in [3.05, 3.63) is 129 Å². The summed E-state index contributed by atoms with van der Waals surface area (Å²) in [6, 6.07) is 33.0. The number of nitrogens with zero attached hydrogens (tertiary/aromatic N) is 2. The molecular weight excluding hydrogens is 549 g/mol. The number of hydrogen-bond acceptors (Lipinski definition) is 0. The second kappa shape index (κ2) is 13.9. The molecule has 0 saturated heterocycles. The quantitative estimate of drug-likeness (QED) is 0.153. The molecular formula is C36H35N2Y. The molecule has 0 amide bonds. The molecule has 39 heavy (non-hydrogen) atoms. The van der Waals surface area contributed by atoms with Gasteiger partial charge in [-0.25, -0.2) is 0 Å². The molecule has 7 rings (SSSR count). The van der Waals surface area contributed by atoms with Crippen molar-refractivity contribution >= 4 is 43.6 Å². The van der Waals surface area contributed by atoms with E-state index >= 15 is 0 Å². The van der Waals surface area contributed by atoms with Crippen molar-refractivity contribution < 1.29 is 32.7 Å². The predicted octanol–water partition coefficient (Wildman–Crippen LogP) is 9.51. The van der Waals surface area contributed by atoms with Gasteiger partial charge in [0.2, 0.25) is 0 Å². The van der Waals surface area contributed by atoms with E-state index in [9.17, 15) is 0 Å². The zero-order valence-electron chi connectivity index (χ0n) is 22.5. The zero-order chi connectivity index (χ0) is 26.3. The van der Waals surface area contributed by atoms with E-state index in [0.717, 1.165) is 46.2 Å². The van der Waals surface area contributed by atoms with E-state index in [1.807, 2.05) is 24.3 Å². The van der Waals surface area contributed by atoms with E-state index in [1.54, 1.807) is 0 Å². The maximum atomic E-state index is 4.52. The molecule has 0 N–H and O–H groups in total. The number of benzene rings is 4. The minimum absolute atomic E-state index is 0. The van der Waals surface area contributed by atoms with Crippen molar-refractivity contribution in [3.63, 3.8) is 0 Å². The minimum atomic E-state index is 0. The van der Waals surface area contributed by atoms with Crippen LogP contribution in [-0.4, -0.2) is 0 Å². The van der Waals surface area contributed by atoms with E-state index in [4.69, 9.17) is 0 Å². The Morgan fingerprint density at radius 3 is 1.33 bits per heavy atom. The van der Waals surface area contributed by atoms with Gasteiger partial charge in [0.1, 0.15) is 0 Å². The van der Waals surface area contributed by atoms with Crippen molar-refractivity contribution in [3.8, 4) is 0 Å². The van der Waals surface area contributed by atoms with Gasteiger partial charge in [-0.15, -0.1) is 35.2 Å². The minimum Gasteiger partial charge on any atom is -0.657 e. The maximum absolute atomic E-state index is 4.52. The molecule has 2 nitrogen and oxygen atoms in total. The molecule has 2 aromatic heterocycles. The Kier molecular flexibility index (Phi) is 10.4. The first-order chi connectivity index (χ1) is 18.7. The maximum Gasteiger partial charge on any atom is 3.00 e. The van der Waals surface area contributed by atoms with E-state index in [-0.39, 0.29) is 32.7 Å². The summed E-state index contributed by atoms with van der Waals surface area (Å²) in [4.78, 5) is 9.03. The number of allylic oxidation sites excluding steroid dienone is 2. The summed E-state index contributed by atoms with van der Waals surface area (Å²) in [6.07, 6.45) is 9.08. The molecule has 0 radical (unpaired) electrons. The van der Waals surface area contributed by atoms with Crippen LogP contribution in [0.25, 0.3) is 43.6 Å². The molecule has 1 aliphatic rings. The molecule has 0 aliphatic heterocycles. The van der Waals surface area contributed by atoms with Gasteiger partial charge in [0.05, 0.1) is 0 Å². The van der Waals surface area contributed by atoms with Crippen LogP contribution in [0, 0.1) is 24.7 Å². The number of hydrogen-bond donors (Lipinski definition) is 0. The Balaban J connectivity index is 0.000000134. The van der Waals surface area contributed by atoms with Gasteiger partial charge >= 0.3 is 32.7 Å². The Morgan fingerprint density at radius 1 is 0.615 bits per heavy atom. The molecule has 2 heterocycles. The van der Waals surface area contributed by atoms with Gasteiger partial charge in [0, 0.05) is 0 Å². The Labute approximate surface area is 257 Å². The Morgan fingerprint density at radius 2 is 1.00 bits per heavy atom. The SMILES string of the molecule is C=CC1CC(C=C)C(CC[CH2-])C1.[Y+3].c1ccc2c(c1)[n-]c1ccccc12.c1ccc2c(c1)[n-]c1ccccc12. The summed E-state index contributed by atoms with van der Waals surface area (Å²) in [5.41, 5.74) is 4.35. The molecule has 3 heteroatoms. The summed E-state index contributed by atoms with van der Waals surface area (Å²) in [6.45, 7) is 11.7. The fourth-order valence-electron chi connectivity index (χ4n) is 5.73. The molecule has 192 valence electrons. The van der Waals surface area contributed by atoms with E-state index in [0.29, 0.717) is 0 Å². The summed E-state index contributed by atoms with van der Waals surface area (Å²) in [5.74, 6) is 2.27. The molecule has 1 fully saturated rings. The summed E-state index contributed by atoms with van der Waals surface area (Å²) in [7, 11) is 0. The van der Waals surface area contributed by atoms with Gasteiger partial charge in [0.25, 0.3) is 0 Å². The molecule has 6 aromatic rings. The third kappa shape index (κ3) is 6.63. The van der Waals surface area contributed by atoms with E-state index in [1.165, 1.54) is 40.8 Å². The fraction of sp³-hybridized carbons (Fsp3) is 0.194. The second-order valence-electron chi connectivity index (χ2n) is 10.1. The predicted molar refractivity (Wildman–Crippen MR) is 164 cm³/mol. The normalized spacial score (nSPS) is 18.1. The molecule has 1 saturated carbocycles. The van der Waals surface area contributed by atoms with Crippen molar-refractivity contribution in [1.29, 1.82) is 0 Å². The number of rotatable bonds is 4. The monoisotopic (exact) mass is 584 g/mol. The first-order valence-corrected chi connectivity index (χ1v) is 13.6. The van der Waals surface area contributed by atoms with Crippen LogP contribution in [0.3, 0.4) is 0 Å². The third-order valence-electron chi connectivity index (χ3n) is 7.68. The van der Waals surface area contributed by atoms with Crippen molar-refractivity contribution in [2.75, 3.05) is 0 Å². The van der Waals surface area contributed by atoms with Gasteiger partial charge in [-0.05, 0) is 52.1 Å². The molecule has 1 aliphatic carbocycles. The smallest absolute Gasteiger partial charge is 0.657 e. The molecule has 3 unspecified atom stereocenters. The van der Waals surface area contributed by atoms with Gasteiger partial charge in [0.15, 0.2) is 0 Å². The van der Waals surface area contributed by atoms with E-state index in [2.05, 4.69) is 115 Å². The van der Waals surface area contributed by atoms with Crippen molar-refractivity contribution in [2.24, 2.45) is 17.8 Å². The largest absolute Gasteiger partial charge is 3.00 e. The average Bonchev–Trinajstić information content (AvgIpc) is 3.67. The summed E-state index contributed by atoms with van der Waals surface area (Å²) in [5, 5.41) is 4.99. The fourth-order valence-corrected chi connectivity index (χ4v) is 5.73. The first-order valence-electron chi connectivity index (χ1n) is 13.6. The standard InChI is InChI=1S/2C12H8N.C12H19.Y/c2*1-3-7-11-9(5-1)10-6-2-4-8-12(10)13-11;1-4-7-12-9-10(5-2)8-11(12)6-3;/h2*1-8H;5-6,10-12H,1-4,7-9H2;/q3*-1;+3. The second-order valence-corrected chi connectivity index (χ2v) is 10.1. The van der Waals surface area contributed by atoms with Crippen LogP contribution < -0.4 is 9.97 Å². The van der Waals surface area contributed by atoms with Crippen LogP contribution >= 0.6 is 0 Å². The van der Waals surface area contributed by atoms with Gasteiger partial charge in [-0.2, -0.15) is 6.42 Å². The van der Waals surface area contributed by atoms with Crippen LogP contribution in [0.2, 0.25) is 0 Å². The summed E-state index contributed by atoms with van der Waals surface area (Å²) >= 11 is 0. The number of fused-ring (bicyclic) bond motifs is 6. The Hall–Kier alpha value is -2.94. The van der Waals surface area contributed by atoms with E-state index < -0.39 is 0 Å². The molecule has 0 spiro atoms. The van der Waals surface area contributed by atoms with Gasteiger partial charge in [-0.1, -0.05) is 116 Å². The van der Waals surface area contributed by atoms with Crippen LogP contribution in [-0.2, 0) is 32.7 Å². The van der Waals surface area contributed by atoms with Crippen LogP contribution in [0.5, 0.6) is 0 Å². The molecule has 0 bridgehead atoms. The van der Waals surface area contributed by atoms with Gasteiger partial charge in [-0.3, -0.25) is 0 Å². The Bertz CT molecular complexity index is 1450. The third-order valence-corrected chi connectivity index (χ3v) is 7.68. The topological polar surface area (TPSA) is 28.2 Å².